The van der Waals surface area contributed by atoms with Gasteiger partial charge in [0.25, 0.3) is 11.7 Å². The maximum atomic E-state index is 12.9. The van der Waals surface area contributed by atoms with E-state index in [4.69, 9.17) is 9.47 Å². The summed E-state index contributed by atoms with van der Waals surface area (Å²) in [4.78, 5) is 27.1. The second kappa shape index (κ2) is 8.27. The highest BCUT2D eigenvalue weighted by Crippen LogP contribution is 2.41. The first-order chi connectivity index (χ1) is 13.5. The van der Waals surface area contributed by atoms with Crippen LogP contribution < -0.4 is 4.74 Å². The third kappa shape index (κ3) is 3.39. The van der Waals surface area contributed by atoms with E-state index in [0.717, 1.165) is 11.1 Å². The van der Waals surface area contributed by atoms with Gasteiger partial charge in [0, 0.05) is 13.7 Å². The summed E-state index contributed by atoms with van der Waals surface area (Å²) in [5, 5.41) is 11.1. The number of para-hydroxylation sites is 1. The molecule has 1 atom stereocenters. The number of amides is 1. The van der Waals surface area contributed by atoms with Gasteiger partial charge in [-0.1, -0.05) is 36.4 Å². The zero-order valence-electron chi connectivity index (χ0n) is 16.1. The summed E-state index contributed by atoms with van der Waals surface area (Å²) in [5.41, 5.74) is 2.13. The number of aryl methyl sites for hydroxylation is 1. The van der Waals surface area contributed by atoms with E-state index in [2.05, 4.69) is 0 Å². The van der Waals surface area contributed by atoms with Crippen LogP contribution in [0.2, 0.25) is 0 Å². The van der Waals surface area contributed by atoms with E-state index in [1.54, 1.807) is 24.3 Å². The number of methoxy groups -OCH3 is 2. The number of Topliss-reactive ketones (excluding diaryl/α,β-unsaturated/α-hetero) is 1. The van der Waals surface area contributed by atoms with Gasteiger partial charge < -0.3 is 19.5 Å². The Bertz CT molecular complexity index is 934. The minimum Gasteiger partial charge on any atom is -0.507 e. The number of hydrogen-bond acceptors (Lipinski definition) is 5. The molecule has 0 radical (unpaired) electrons. The Labute approximate surface area is 164 Å². The maximum Gasteiger partial charge on any atom is 0.295 e. The van der Waals surface area contributed by atoms with Crippen molar-refractivity contribution in [2.24, 2.45) is 0 Å². The highest BCUT2D eigenvalue weighted by atomic mass is 16.5. The maximum absolute atomic E-state index is 12.9. The molecule has 1 saturated heterocycles. The molecule has 1 heterocycles. The van der Waals surface area contributed by atoms with Crippen molar-refractivity contribution in [1.82, 2.24) is 4.90 Å². The minimum atomic E-state index is -0.715. The highest BCUT2D eigenvalue weighted by molar-refractivity contribution is 6.46. The van der Waals surface area contributed by atoms with Gasteiger partial charge in [-0.3, -0.25) is 9.59 Å². The van der Waals surface area contributed by atoms with Crippen LogP contribution in [0.15, 0.2) is 54.1 Å². The smallest absolute Gasteiger partial charge is 0.295 e. The summed E-state index contributed by atoms with van der Waals surface area (Å²) >= 11 is 0. The van der Waals surface area contributed by atoms with Crippen molar-refractivity contribution in [3.05, 3.63) is 70.8 Å². The number of nitrogens with zero attached hydrogens (tertiary/aromatic N) is 1. The molecule has 0 aliphatic carbocycles. The predicted octanol–water partition coefficient (Wildman–Crippen LogP) is 3.07. The van der Waals surface area contributed by atoms with E-state index in [-0.39, 0.29) is 24.5 Å². The molecule has 2 aromatic rings. The van der Waals surface area contributed by atoms with Gasteiger partial charge in [0.2, 0.25) is 0 Å². The Kier molecular flexibility index (Phi) is 5.80. The first kappa shape index (κ1) is 19.6. The van der Waals surface area contributed by atoms with Crippen molar-refractivity contribution >= 4 is 17.4 Å². The number of likely N-dealkylation sites (tertiary alicyclic amines) is 1. The Morgan fingerprint density at radius 3 is 2.43 bits per heavy atom. The molecule has 1 aliphatic rings. The van der Waals surface area contributed by atoms with Gasteiger partial charge in [-0.15, -0.1) is 0 Å². The molecule has 1 fully saturated rings. The fourth-order valence-electron chi connectivity index (χ4n) is 3.50. The van der Waals surface area contributed by atoms with Crippen molar-refractivity contribution in [2.75, 3.05) is 27.4 Å². The molecular formula is C22H23NO5. The lowest BCUT2D eigenvalue weighted by Crippen LogP contribution is -2.32. The molecule has 146 valence electrons. The molecule has 1 aliphatic heterocycles. The second-order valence-electron chi connectivity index (χ2n) is 6.54. The minimum absolute atomic E-state index is 0.0555. The molecule has 28 heavy (non-hydrogen) atoms. The molecule has 6 nitrogen and oxygen atoms in total. The van der Waals surface area contributed by atoms with Crippen LogP contribution in [0, 0.1) is 6.92 Å². The number of hydrogen-bond donors (Lipinski definition) is 1. The van der Waals surface area contributed by atoms with Gasteiger partial charge in [-0.25, -0.2) is 0 Å². The molecule has 0 bridgehead atoms. The third-order valence-electron chi connectivity index (χ3n) is 4.92. The Morgan fingerprint density at radius 1 is 1.07 bits per heavy atom. The SMILES string of the molecule is COCCN1C(=O)C(=O)/C(=C(/O)c2ccccc2OC)C1c1ccccc1C. The van der Waals surface area contributed by atoms with Crippen molar-refractivity contribution in [3.8, 4) is 5.75 Å². The monoisotopic (exact) mass is 381 g/mol. The number of ketones is 1. The molecule has 1 unspecified atom stereocenters. The molecule has 1 amide bonds. The number of carbonyl (C=O) groups excluding carboxylic acids is 2. The lowest BCUT2D eigenvalue weighted by atomic mass is 9.92. The van der Waals surface area contributed by atoms with Gasteiger partial charge in [0.05, 0.1) is 30.9 Å². The number of carbonyl (C=O) groups is 2. The van der Waals surface area contributed by atoms with Crippen LogP contribution in [0.1, 0.15) is 22.7 Å². The van der Waals surface area contributed by atoms with Crippen molar-refractivity contribution < 1.29 is 24.2 Å². The fraction of sp³-hybridized carbons (Fsp3) is 0.273. The van der Waals surface area contributed by atoms with E-state index in [1.165, 1.54) is 19.1 Å². The molecule has 0 spiro atoms. The van der Waals surface area contributed by atoms with Crippen molar-refractivity contribution in [3.63, 3.8) is 0 Å². The normalized spacial score (nSPS) is 18.5. The van der Waals surface area contributed by atoms with Crippen LogP contribution in [0.4, 0.5) is 0 Å². The number of ether oxygens (including phenoxy) is 2. The van der Waals surface area contributed by atoms with Crippen LogP contribution in [0.25, 0.3) is 5.76 Å². The summed E-state index contributed by atoms with van der Waals surface area (Å²) in [5.74, 6) is -1.19. The topological polar surface area (TPSA) is 76.1 Å². The van der Waals surface area contributed by atoms with Gasteiger partial charge in [-0.2, -0.15) is 0 Å². The second-order valence-corrected chi connectivity index (χ2v) is 6.54. The summed E-state index contributed by atoms with van der Waals surface area (Å²) in [6.07, 6.45) is 0. The van der Waals surface area contributed by atoms with Gasteiger partial charge in [-0.05, 0) is 30.2 Å². The summed E-state index contributed by atoms with van der Waals surface area (Å²) in [6.45, 7) is 2.43. The van der Waals surface area contributed by atoms with Crippen LogP contribution in [0.3, 0.4) is 0 Å². The predicted molar refractivity (Wildman–Crippen MR) is 105 cm³/mol. The van der Waals surface area contributed by atoms with Crippen LogP contribution >= 0.6 is 0 Å². The fourth-order valence-corrected chi connectivity index (χ4v) is 3.50. The van der Waals surface area contributed by atoms with Gasteiger partial charge in [0.15, 0.2) is 0 Å². The zero-order valence-corrected chi connectivity index (χ0v) is 16.1. The molecule has 0 saturated carbocycles. The molecule has 0 aromatic heterocycles. The van der Waals surface area contributed by atoms with Crippen LogP contribution in [-0.2, 0) is 14.3 Å². The van der Waals surface area contributed by atoms with Crippen LogP contribution in [-0.4, -0.2) is 49.1 Å². The number of aliphatic hydroxyl groups excluding tert-OH is 1. The largest absolute Gasteiger partial charge is 0.507 e. The van der Waals surface area contributed by atoms with E-state index in [9.17, 15) is 14.7 Å². The average molecular weight is 381 g/mol. The molecule has 2 aromatic carbocycles. The van der Waals surface area contributed by atoms with E-state index < -0.39 is 17.7 Å². The summed E-state index contributed by atoms with van der Waals surface area (Å²) < 4.78 is 10.4. The van der Waals surface area contributed by atoms with E-state index in [1.807, 2.05) is 31.2 Å². The van der Waals surface area contributed by atoms with E-state index in [0.29, 0.717) is 11.3 Å². The molecule has 1 N–H and O–H groups in total. The first-order valence-corrected chi connectivity index (χ1v) is 8.97. The lowest BCUT2D eigenvalue weighted by molar-refractivity contribution is -0.140. The summed E-state index contributed by atoms with van der Waals surface area (Å²) in [6, 6.07) is 13.7. The Hall–Kier alpha value is -3.12. The van der Waals surface area contributed by atoms with Crippen LogP contribution in [0.5, 0.6) is 5.75 Å². The van der Waals surface area contributed by atoms with Crippen molar-refractivity contribution in [2.45, 2.75) is 13.0 Å². The third-order valence-corrected chi connectivity index (χ3v) is 4.92. The molecule has 3 rings (SSSR count). The molecular weight excluding hydrogens is 358 g/mol. The number of benzene rings is 2. The zero-order chi connectivity index (χ0) is 20.3. The Morgan fingerprint density at radius 2 is 1.75 bits per heavy atom. The standard InChI is InChI=1S/C22H23NO5/c1-14-8-4-5-9-15(14)19-18(21(25)22(26)23(19)12-13-27-2)20(24)16-10-6-7-11-17(16)28-3/h4-11,19,24H,12-13H2,1-3H3/b20-18+. The van der Waals surface area contributed by atoms with Gasteiger partial charge >= 0.3 is 0 Å². The lowest BCUT2D eigenvalue weighted by Gasteiger charge is -2.26. The van der Waals surface area contributed by atoms with E-state index >= 15 is 0 Å². The first-order valence-electron chi connectivity index (χ1n) is 8.97. The number of aliphatic hydroxyl groups is 1. The average Bonchev–Trinajstić information content (AvgIpc) is 2.96. The van der Waals surface area contributed by atoms with Crippen molar-refractivity contribution in [1.29, 1.82) is 0 Å². The molecule has 6 heteroatoms. The quantitative estimate of drug-likeness (QED) is 0.473. The Balaban J connectivity index is 2.23. The van der Waals surface area contributed by atoms with Gasteiger partial charge in [0.1, 0.15) is 11.5 Å². The summed E-state index contributed by atoms with van der Waals surface area (Å²) in [7, 11) is 3.02. The number of rotatable bonds is 6. The highest BCUT2D eigenvalue weighted by Gasteiger charge is 2.46.